The number of hydrogen-bond acceptors (Lipinski definition) is 3. The standard InChI is InChI=1S/C24H27N3O3/c1-15(2)17-8-10-18(11-9-17)16(3)25-21(28)14-27-22(29)24(26-23(27)30)13-12-19-6-4-5-7-20(19)24/h4-11,15-16H,12-14H2,1-3H3,(H,25,28)(H,26,30). The molecule has 2 aliphatic rings. The number of nitrogens with zero attached hydrogens (tertiary/aromatic N) is 1. The van der Waals surface area contributed by atoms with Gasteiger partial charge in [0, 0.05) is 0 Å². The molecule has 1 aliphatic heterocycles. The van der Waals surface area contributed by atoms with Gasteiger partial charge in [0.05, 0.1) is 6.04 Å². The van der Waals surface area contributed by atoms with Crippen LogP contribution in [-0.2, 0) is 21.5 Å². The Kier molecular flexibility index (Phi) is 5.10. The number of hydrogen-bond donors (Lipinski definition) is 2. The Morgan fingerprint density at radius 2 is 1.73 bits per heavy atom. The first-order valence-electron chi connectivity index (χ1n) is 10.4. The van der Waals surface area contributed by atoms with Gasteiger partial charge >= 0.3 is 6.03 Å². The maximum absolute atomic E-state index is 13.2. The van der Waals surface area contributed by atoms with Crippen LogP contribution in [0, 0.1) is 0 Å². The Bertz CT molecular complexity index is 999. The number of urea groups is 1. The summed E-state index contributed by atoms with van der Waals surface area (Å²) in [5, 5.41) is 5.75. The van der Waals surface area contributed by atoms with Crippen molar-refractivity contribution in [3.8, 4) is 0 Å². The number of carbonyl (C=O) groups is 3. The first kappa shape index (κ1) is 20.1. The molecule has 4 amide bonds. The van der Waals surface area contributed by atoms with Gasteiger partial charge in [-0.1, -0.05) is 62.4 Å². The Hall–Kier alpha value is -3.15. The lowest BCUT2D eigenvalue weighted by atomic mass is 9.92. The first-order valence-corrected chi connectivity index (χ1v) is 10.4. The van der Waals surface area contributed by atoms with Gasteiger partial charge in [-0.05, 0) is 47.9 Å². The van der Waals surface area contributed by atoms with Crippen LogP contribution in [0.4, 0.5) is 4.79 Å². The molecule has 1 aliphatic carbocycles. The second-order valence-corrected chi connectivity index (χ2v) is 8.49. The molecule has 30 heavy (non-hydrogen) atoms. The van der Waals surface area contributed by atoms with Crippen LogP contribution in [-0.4, -0.2) is 29.3 Å². The number of imide groups is 1. The summed E-state index contributed by atoms with van der Waals surface area (Å²) in [6.07, 6.45) is 1.25. The molecule has 2 atom stereocenters. The molecule has 0 bridgehead atoms. The van der Waals surface area contributed by atoms with Crippen molar-refractivity contribution in [2.75, 3.05) is 6.54 Å². The van der Waals surface area contributed by atoms with Crippen LogP contribution < -0.4 is 10.6 Å². The molecule has 6 nitrogen and oxygen atoms in total. The van der Waals surface area contributed by atoms with Crippen molar-refractivity contribution in [2.45, 2.75) is 51.1 Å². The zero-order chi connectivity index (χ0) is 21.5. The van der Waals surface area contributed by atoms with E-state index >= 15 is 0 Å². The first-order chi connectivity index (χ1) is 14.3. The molecular weight excluding hydrogens is 378 g/mol. The number of carbonyl (C=O) groups excluding carboxylic acids is 3. The van der Waals surface area contributed by atoms with Gasteiger partial charge in [0.1, 0.15) is 12.1 Å². The maximum Gasteiger partial charge on any atom is 0.325 e. The van der Waals surface area contributed by atoms with Gasteiger partial charge in [0.25, 0.3) is 5.91 Å². The summed E-state index contributed by atoms with van der Waals surface area (Å²) in [5.74, 6) is -0.263. The predicted octanol–water partition coefficient (Wildman–Crippen LogP) is 3.38. The fourth-order valence-corrected chi connectivity index (χ4v) is 4.42. The van der Waals surface area contributed by atoms with E-state index in [4.69, 9.17) is 0 Å². The highest BCUT2D eigenvalue weighted by Gasteiger charge is 2.55. The average molecular weight is 405 g/mol. The summed E-state index contributed by atoms with van der Waals surface area (Å²) in [6, 6.07) is 15.0. The topological polar surface area (TPSA) is 78.5 Å². The quantitative estimate of drug-likeness (QED) is 0.749. The van der Waals surface area contributed by atoms with Gasteiger partial charge in [-0.15, -0.1) is 0 Å². The molecule has 4 rings (SSSR count). The highest BCUT2D eigenvalue weighted by Crippen LogP contribution is 2.41. The van der Waals surface area contributed by atoms with Gasteiger partial charge in [-0.3, -0.25) is 14.5 Å². The Morgan fingerprint density at radius 3 is 2.43 bits per heavy atom. The van der Waals surface area contributed by atoms with Crippen molar-refractivity contribution in [1.82, 2.24) is 15.5 Å². The van der Waals surface area contributed by atoms with Gasteiger partial charge in [-0.25, -0.2) is 4.79 Å². The van der Waals surface area contributed by atoms with Crippen molar-refractivity contribution in [2.24, 2.45) is 0 Å². The summed E-state index contributed by atoms with van der Waals surface area (Å²) >= 11 is 0. The normalized spacial score (nSPS) is 21.1. The van der Waals surface area contributed by atoms with Crippen molar-refractivity contribution >= 4 is 17.8 Å². The van der Waals surface area contributed by atoms with Crippen molar-refractivity contribution in [3.63, 3.8) is 0 Å². The van der Waals surface area contributed by atoms with E-state index in [0.717, 1.165) is 28.0 Å². The minimum absolute atomic E-state index is 0.222. The minimum atomic E-state index is -1.04. The van der Waals surface area contributed by atoms with E-state index in [1.165, 1.54) is 5.56 Å². The van der Waals surface area contributed by atoms with E-state index in [9.17, 15) is 14.4 Å². The van der Waals surface area contributed by atoms with E-state index < -0.39 is 11.6 Å². The van der Waals surface area contributed by atoms with Crippen LogP contribution in [0.1, 0.15) is 61.4 Å². The minimum Gasteiger partial charge on any atom is -0.348 e. The van der Waals surface area contributed by atoms with E-state index in [1.807, 2.05) is 43.3 Å². The molecule has 2 aromatic carbocycles. The number of nitrogens with one attached hydrogen (secondary N) is 2. The average Bonchev–Trinajstić information content (AvgIpc) is 3.21. The number of fused-ring (bicyclic) bond motifs is 2. The van der Waals surface area contributed by atoms with Crippen molar-refractivity contribution in [1.29, 1.82) is 0 Å². The van der Waals surface area contributed by atoms with Gasteiger partial charge in [0.15, 0.2) is 0 Å². The monoisotopic (exact) mass is 405 g/mol. The lowest BCUT2D eigenvalue weighted by molar-refractivity contribution is -0.135. The molecule has 156 valence electrons. The third-order valence-electron chi connectivity index (χ3n) is 6.20. The van der Waals surface area contributed by atoms with E-state index in [-0.39, 0.29) is 24.4 Å². The van der Waals surface area contributed by atoms with Gasteiger partial charge in [0.2, 0.25) is 5.91 Å². The molecule has 0 aromatic heterocycles. The Balaban J connectivity index is 1.44. The second kappa shape index (κ2) is 7.59. The molecule has 2 aromatic rings. The Morgan fingerprint density at radius 1 is 1.07 bits per heavy atom. The highest BCUT2D eigenvalue weighted by atomic mass is 16.2. The van der Waals surface area contributed by atoms with Crippen LogP contribution in [0.3, 0.4) is 0 Å². The van der Waals surface area contributed by atoms with Gasteiger partial charge in [-0.2, -0.15) is 0 Å². The van der Waals surface area contributed by atoms with Crippen molar-refractivity contribution < 1.29 is 14.4 Å². The van der Waals surface area contributed by atoms with Crippen LogP contribution in [0.5, 0.6) is 0 Å². The van der Waals surface area contributed by atoms with E-state index in [2.05, 4.69) is 36.6 Å². The predicted molar refractivity (Wildman–Crippen MR) is 114 cm³/mol. The van der Waals surface area contributed by atoms with E-state index in [1.54, 1.807) is 0 Å². The molecule has 2 N–H and O–H groups in total. The molecule has 0 radical (unpaired) electrons. The Labute approximate surface area is 176 Å². The SMILES string of the molecule is CC(C)c1ccc(C(C)NC(=O)CN2C(=O)NC3(CCc4ccccc43)C2=O)cc1. The van der Waals surface area contributed by atoms with Crippen molar-refractivity contribution in [3.05, 3.63) is 70.8 Å². The summed E-state index contributed by atoms with van der Waals surface area (Å²) in [4.78, 5) is 39.4. The molecule has 0 saturated carbocycles. The molecule has 1 fully saturated rings. The number of benzene rings is 2. The zero-order valence-electron chi connectivity index (χ0n) is 17.6. The molecule has 1 saturated heterocycles. The van der Waals surface area contributed by atoms with Crippen LogP contribution in [0.25, 0.3) is 0 Å². The molecular formula is C24H27N3O3. The zero-order valence-corrected chi connectivity index (χ0v) is 17.6. The molecule has 2 unspecified atom stereocenters. The summed E-state index contributed by atoms with van der Waals surface area (Å²) < 4.78 is 0. The number of rotatable bonds is 5. The second-order valence-electron chi connectivity index (χ2n) is 8.49. The number of aryl methyl sites for hydroxylation is 1. The fourth-order valence-electron chi connectivity index (χ4n) is 4.42. The third kappa shape index (κ3) is 3.36. The molecule has 6 heteroatoms. The summed E-state index contributed by atoms with van der Waals surface area (Å²) in [7, 11) is 0. The fraction of sp³-hybridized carbons (Fsp3) is 0.375. The largest absolute Gasteiger partial charge is 0.348 e. The number of amides is 4. The maximum atomic E-state index is 13.2. The molecule has 1 heterocycles. The van der Waals surface area contributed by atoms with Crippen LogP contribution >= 0.6 is 0 Å². The summed E-state index contributed by atoms with van der Waals surface area (Å²) in [6.45, 7) is 5.87. The van der Waals surface area contributed by atoms with Crippen LogP contribution in [0.15, 0.2) is 48.5 Å². The lowest BCUT2D eigenvalue weighted by Crippen LogP contribution is -2.44. The summed E-state index contributed by atoms with van der Waals surface area (Å²) in [5.41, 5.74) is 3.08. The van der Waals surface area contributed by atoms with E-state index in [0.29, 0.717) is 12.3 Å². The van der Waals surface area contributed by atoms with Gasteiger partial charge < -0.3 is 10.6 Å². The third-order valence-corrected chi connectivity index (χ3v) is 6.20. The highest BCUT2D eigenvalue weighted by molar-refractivity contribution is 6.09. The molecule has 1 spiro atoms. The van der Waals surface area contributed by atoms with Crippen LogP contribution in [0.2, 0.25) is 0 Å². The smallest absolute Gasteiger partial charge is 0.325 e. The lowest BCUT2D eigenvalue weighted by Gasteiger charge is -2.22.